The summed E-state index contributed by atoms with van der Waals surface area (Å²) < 4.78 is 0. The Balaban J connectivity index is 1.40. The third-order valence-electron chi connectivity index (χ3n) is 9.74. The van der Waals surface area contributed by atoms with Crippen molar-refractivity contribution < 1.29 is 15.0 Å². The number of hydrogen-bond acceptors (Lipinski definition) is 4. The molecule has 2 saturated carbocycles. The van der Waals surface area contributed by atoms with Crippen molar-refractivity contribution in [3.8, 4) is 0 Å². The van der Waals surface area contributed by atoms with Crippen LogP contribution in [-0.4, -0.2) is 42.3 Å². The van der Waals surface area contributed by atoms with Crippen LogP contribution in [0.1, 0.15) is 76.2 Å². The average Bonchev–Trinajstić information content (AvgIpc) is 3.08. The Morgan fingerprint density at radius 2 is 1.82 bits per heavy atom. The fourth-order valence-electron chi connectivity index (χ4n) is 7.72. The highest BCUT2D eigenvalue weighted by atomic mass is 16.3. The van der Waals surface area contributed by atoms with Gasteiger partial charge in [-0.2, -0.15) is 0 Å². The molecule has 0 heterocycles. The molecule has 1 unspecified atom stereocenters. The van der Waals surface area contributed by atoms with Crippen molar-refractivity contribution in [1.29, 1.82) is 0 Å². The molecule has 33 heavy (non-hydrogen) atoms. The topological polar surface area (TPSA) is 60.8 Å². The number of carbonyl (C=O) groups excluding carboxylic acids is 1. The minimum atomic E-state index is -0.750. The van der Waals surface area contributed by atoms with Gasteiger partial charge in [0.25, 0.3) is 0 Å². The standard InChI is InChI=1S/C29H39NO3/c1-28-14-12-25-24-11-9-23(32)16-20(24)6-10-26(25)27(28)13-15-29(28,33)17-21(18-31)19-4-7-22(8-5-19)30(2)3/h4-5,7-8,16,21,26-27,31,33H,6,9-15,17-18H2,1-3H3/t21?,26-,27+,28-,29+/m1/s1. The predicted molar refractivity (Wildman–Crippen MR) is 132 cm³/mol. The van der Waals surface area contributed by atoms with Gasteiger partial charge in [-0.1, -0.05) is 24.6 Å². The first-order chi connectivity index (χ1) is 15.8. The van der Waals surface area contributed by atoms with Crippen molar-refractivity contribution in [1.82, 2.24) is 0 Å². The molecular weight excluding hydrogens is 410 g/mol. The summed E-state index contributed by atoms with van der Waals surface area (Å²) in [6.45, 7) is 2.39. The van der Waals surface area contributed by atoms with E-state index in [1.165, 1.54) is 11.1 Å². The monoisotopic (exact) mass is 449 g/mol. The first-order valence-corrected chi connectivity index (χ1v) is 12.8. The molecule has 4 nitrogen and oxygen atoms in total. The summed E-state index contributed by atoms with van der Waals surface area (Å²) in [5, 5.41) is 22.4. The maximum Gasteiger partial charge on any atom is 0.156 e. The number of benzene rings is 1. The first kappa shape index (κ1) is 22.9. The molecule has 4 aliphatic carbocycles. The van der Waals surface area contributed by atoms with Gasteiger partial charge in [-0.05, 0) is 98.1 Å². The Kier molecular flexibility index (Phi) is 5.81. The lowest BCUT2D eigenvalue weighted by Crippen LogP contribution is -2.50. The Bertz CT molecular complexity index is 991. The Morgan fingerprint density at radius 1 is 1.06 bits per heavy atom. The van der Waals surface area contributed by atoms with E-state index in [1.54, 1.807) is 5.57 Å². The van der Waals surface area contributed by atoms with E-state index < -0.39 is 5.60 Å². The van der Waals surface area contributed by atoms with E-state index in [-0.39, 0.29) is 23.7 Å². The summed E-state index contributed by atoms with van der Waals surface area (Å²) in [5.41, 5.74) is 5.77. The van der Waals surface area contributed by atoms with Gasteiger partial charge in [-0.25, -0.2) is 0 Å². The number of carbonyl (C=O) groups is 1. The van der Waals surface area contributed by atoms with E-state index in [9.17, 15) is 15.0 Å². The molecule has 0 saturated heterocycles. The number of fused-ring (bicyclic) bond motifs is 4. The number of rotatable bonds is 5. The average molecular weight is 450 g/mol. The van der Waals surface area contributed by atoms with Crippen LogP contribution in [0.3, 0.4) is 0 Å². The van der Waals surface area contributed by atoms with Crippen LogP contribution in [0.2, 0.25) is 0 Å². The van der Waals surface area contributed by atoms with E-state index in [0.717, 1.165) is 56.2 Å². The quantitative estimate of drug-likeness (QED) is 0.652. The minimum absolute atomic E-state index is 0.0493. The van der Waals surface area contributed by atoms with E-state index in [4.69, 9.17) is 0 Å². The van der Waals surface area contributed by atoms with E-state index >= 15 is 0 Å². The van der Waals surface area contributed by atoms with Crippen LogP contribution in [-0.2, 0) is 4.79 Å². The molecule has 1 aromatic rings. The SMILES string of the molecule is CN(C)c1ccc(C(CO)C[C@@]2(O)CC[C@H]3[C@@H]4CCC5=CC(=O)CCC5=C4CC[C@]32C)cc1. The molecular formula is C29H39NO3. The van der Waals surface area contributed by atoms with E-state index in [0.29, 0.717) is 24.7 Å². The normalized spacial score (nSPS) is 34.3. The van der Waals surface area contributed by atoms with Gasteiger partial charge < -0.3 is 15.1 Å². The largest absolute Gasteiger partial charge is 0.396 e. The summed E-state index contributed by atoms with van der Waals surface area (Å²) in [7, 11) is 4.06. The van der Waals surface area contributed by atoms with Crippen LogP contribution in [0, 0.1) is 17.3 Å². The number of hydrogen-bond donors (Lipinski definition) is 2. The van der Waals surface area contributed by atoms with Crippen LogP contribution in [0.4, 0.5) is 5.69 Å². The molecule has 0 amide bonds. The highest BCUT2D eigenvalue weighted by Gasteiger charge is 2.60. The molecule has 2 fully saturated rings. The van der Waals surface area contributed by atoms with Crippen LogP contribution < -0.4 is 4.90 Å². The fraction of sp³-hybridized carbons (Fsp3) is 0.621. The van der Waals surface area contributed by atoms with Crippen molar-refractivity contribution in [2.45, 2.75) is 76.2 Å². The summed E-state index contributed by atoms with van der Waals surface area (Å²) in [6, 6.07) is 8.42. The zero-order valence-electron chi connectivity index (χ0n) is 20.4. The molecule has 1 aromatic carbocycles. The lowest BCUT2D eigenvalue weighted by molar-refractivity contribution is -0.114. The predicted octanol–water partition coefficient (Wildman–Crippen LogP) is 5.16. The van der Waals surface area contributed by atoms with Crippen molar-refractivity contribution in [3.05, 3.63) is 52.6 Å². The smallest absolute Gasteiger partial charge is 0.156 e. The summed E-state index contributed by atoms with van der Waals surface area (Å²) in [5.74, 6) is 1.28. The second-order valence-corrected chi connectivity index (χ2v) is 11.4. The number of anilines is 1. The Morgan fingerprint density at radius 3 is 2.52 bits per heavy atom. The third kappa shape index (κ3) is 3.70. The summed E-state index contributed by atoms with van der Waals surface area (Å²) in [4.78, 5) is 14.0. The molecule has 4 heteroatoms. The lowest BCUT2D eigenvalue weighted by atomic mass is 9.54. The van der Waals surface area contributed by atoms with Crippen LogP contribution in [0.5, 0.6) is 0 Å². The second kappa shape index (κ2) is 8.39. The van der Waals surface area contributed by atoms with Gasteiger partial charge in [0, 0.05) is 37.5 Å². The third-order valence-corrected chi connectivity index (χ3v) is 9.74. The van der Waals surface area contributed by atoms with Crippen molar-refractivity contribution in [3.63, 3.8) is 0 Å². The van der Waals surface area contributed by atoms with E-state index in [2.05, 4.69) is 36.1 Å². The highest BCUT2D eigenvalue weighted by Crippen LogP contribution is 2.65. The molecule has 2 N–H and O–H groups in total. The molecule has 4 aliphatic rings. The minimum Gasteiger partial charge on any atom is -0.396 e. The highest BCUT2D eigenvalue weighted by molar-refractivity contribution is 5.93. The number of nitrogens with zero attached hydrogens (tertiary/aromatic N) is 1. The number of ketones is 1. The molecule has 0 radical (unpaired) electrons. The van der Waals surface area contributed by atoms with Gasteiger partial charge >= 0.3 is 0 Å². The summed E-state index contributed by atoms with van der Waals surface area (Å²) in [6.07, 6.45) is 10.2. The van der Waals surface area contributed by atoms with Gasteiger partial charge in [-0.3, -0.25) is 4.79 Å². The van der Waals surface area contributed by atoms with Crippen LogP contribution >= 0.6 is 0 Å². The molecule has 5 atom stereocenters. The van der Waals surface area contributed by atoms with Crippen LogP contribution in [0.15, 0.2) is 47.1 Å². The van der Waals surface area contributed by atoms with Gasteiger partial charge in [0.05, 0.1) is 12.2 Å². The van der Waals surface area contributed by atoms with Crippen LogP contribution in [0.25, 0.3) is 0 Å². The number of allylic oxidation sites excluding steroid dienone is 4. The Hall–Kier alpha value is -1.91. The lowest BCUT2D eigenvalue weighted by Gasteiger charge is -2.52. The number of aliphatic hydroxyl groups excluding tert-OH is 1. The molecule has 5 rings (SSSR count). The van der Waals surface area contributed by atoms with Gasteiger partial charge in [0.15, 0.2) is 5.78 Å². The zero-order valence-corrected chi connectivity index (χ0v) is 20.4. The zero-order chi connectivity index (χ0) is 23.4. The number of aliphatic hydroxyl groups is 2. The maximum absolute atomic E-state index is 12.1. The first-order valence-electron chi connectivity index (χ1n) is 12.8. The molecule has 0 spiro atoms. The molecule has 0 aliphatic heterocycles. The van der Waals surface area contributed by atoms with Crippen molar-refractivity contribution in [2.24, 2.45) is 17.3 Å². The molecule has 0 bridgehead atoms. The van der Waals surface area contributed by atoms with Gasteiger partial charge in [0.1, 0.15) is 0 Å². The van der Waals surface area contributed by atoms with Crippen molar-refractivity contribution >= 4 is 11.5 Å². The molecule has 178 valence electrons. The van der Waals surface area contributed by atoms with Gasteiger partial charge in [-0.15, -0.1) is 0 Å². The fourth-order valence-corrected chi connectivity index (χ4v) is 7.72. The van der Waals surface area contributed by atoms with Gasteiger partial charge in [0.2, 0.25) is 0 Å². The Labute approximate surface area is 198 Å². The molecule has 0 aromatic heterocycles. The summed E-state index contributed by atoms with van der Waals surface area (Å²) >= 11 is 0. The second-order valence-electron chi connectivity index (χ2n) is 11.4. The van der Waals surface area contributed by atoms with E-state index in [1.807, 2.05) is 20.2 Å². The maximum atomic E-state index is 12.1. The van der Waals surface area contributed by atoms with Crippen molar-refractivity contribution in [2.75, 3.05) is 25.6 Å².